The summed E-state index contributed by atoms with van der Waals surface area (Å²) in [6.45, 7) is 5.90. The third-order valence-electron chi connectivity index (χ3n) is 4.96. The zero-order valence-electron chi connectivity index (χ0n) is 17.3. The van der Waals surface area contributed by atoms with Crippen molar-refractivity contribution in [1.29, 1.82) is 0 Å². The lowest BCUT2D eigenvalue weighted by Crippen LogP contribution is -2.46. The molecule has 0 bridgehead atoms. The van der Waals surface area contributed by atoms with Crippen LogP contribution in [0.4, 0.5) is 11.4 Å². The summed E-state index contributed by atoms with van der Waals surface area (Å²) in [5, 5.41) is 14.4. The quantitative estimate of drug-likeness (QED) is 0.446. The van der Waals surface area contributed by atoms with Gasteiger partial charge in [-0.2, -0.15) is 0 Å². The number of anilines is 1. The van der Waals surface area contributed by atoms with E-state index in [1.165, 1.54) is 21.9 Å². The normalized spacial score (nSPS) is 19.3. The van der Waals surface area contributed by atoms with Gasteiger partial charge in [0.1, 0.15) is 12.1 Å². The van der Waals surface area contributed by atoms with Crippen LogP contribution >= 0.6 is 0 Å². The van der Waals surface area contributed by atoms with Crippen LogP contribution in [0.25, 0.3) is 0 Å². The third kappa shape index (κ3) is 4.76. The lowest BCUT2D eigenvalue weighted by molar-refractivity contribution is -0.384. The second-order valence-corrected chi connectivity index (χ2v) is 8.41. The Bertz CT molecular complexity index is 873. The molecule has 10 nitrogen and oxygen atoms in total. The Balaban J connectivity index is 1.94. The fourth-order valence-electron chi connectivity index (χ4n) is 3.65. The molecule has 0 aromatic heterocycles. The Morgan fingerprint density at radius 2 is 2.03 bits per heavy atom. The maximum atomic E-state index is 13.1. The molecule has 0 saturated carbocycles. The number of hydrogen-bond donors (Lipinski definition) is 1. The van der Waals surface area contributed by atoms with Crippen molar-refractivity contribution in [3.05, 3.63) is 33.9 Å². The van der Waals surface area contributed by atoms with E-state index in [9.17, 15) is 24.5 Å². The van der Waals surface area contributed by atoms with E-state index in [4.69, 9.17) is 4.74 Å². The summed E-state index contributed by atoms with van der Waals surface area (Å²) >= 11 is 0. The minimum atomic E-state index is -0.710. The van der Waals surface area contributed by atoms with Crippen LogP contribution < -0.4 is 10.2 Å². The van der Waals surface area contributed by atoms with E-state index >= 15 is 0 Å². The van der Waals surface area contributed by atoms with E-state index in [-0.39, 0.29) is 42.8 Å². The molecule has 162 valence electrons. The molecule has 1 N–H and O–H groups in total. The molecule has 1 aromatic rings. The highest BCUT2D eigenvalue weighted by Gasteiger charge is 2.35. The van der Waals surface area contributed by atoms with E-state index in [0.29, 0.717) is 12.1 Å². The van der Waals surface area contributed by atoms with E-state index in [0.717, 1.165) is 19.0 Å². The fraction of sp³-hybridized carbons (Fsp3) is 0.550. The van der Waals surface area contributed by atoms with Gasteiger partial charge in [0.15, 0.2) is 0 Å². The van der Waals surface area contributed by atoms with Gasteiger partial charge in [-0.05, 0) is 46.2 Å². The Kier molecular flexibility index (Phi) is 6.06. The predicted molar refractivity (Wildman–Crippen MR) is 108 cm³/mol. The average Bonchev–Trinajstić information content (AvgIpc) is 3.15. The Hall–Kier alpha value is -3.01. The maximum Gasteiger partial charge on any atom is 0.326 e. The van der Waals surface area contributed by atoms with Gasteiger partial charge in [0, 0.05) is 25.2 Å². The van der Waals surface area contributed by atoms with Crippen LogP contribution in [0.15, 0.2) is 18.2 Å². The second kappa shape index (κ2) is 8.39. The Morgan fingerprint density at radius 3 is 2.63 bits per heavy atom. The number of rotatable bonds is 4. The number of esters is 1. The summed E-state index contributed by atoms with van der Waals surface area (Å²) in [4.78, 5) is 51.9. The number of amides is 2. The molecule has 2 aliphatic heterocycles. The molecule has 0 unspecified atom stereocenters. The molecule has 2 amide bonds. The van der Waals surface area contributed by atoms with E-state index in [2.05, 4.69) is 5.32 Å². The van der Waals surface area contributed by atoms with E-state index < -0.39 is 22.4 Å². The topological polar surface area (TPSA) is 122 Å². The summed E-state index contributed by atoms with van der Waals surface area (Å²) in [7, 11) is 0. The molecule has 30 heavy (non-hydrogen) atoms. The number of carbonyl (C=O) groups is 3. The van der Waals surface area contributed by atoms with E-state index in [1.807, 2.05) is 0 Å². The van der Waals surface area contributed by atoms with Gasteiger partial charge < -0.3 is 19.9 Å². The number of ether oxygens (including phenoxy) is 1. The molecule has 0 spiro atoms. The van der Waals surface area contributed by atoms with Crippen molar-refractivity contribution in [3.8, 4) is 0 Å². The molecule has 2 heterocycles. The van der Waals surface area contributed by atoms with Crippen molar-refractivity contribution >= 4 is 29.2 Å². The van der Waals surface area contributed by atoms with E-state index in [1.54, 1.807) is 20.8 Å². The first-order valence-electron chi connectivity index (χ1n) is 9.91. The van der Waals surface area contributed by atoms with Crippen LogP contribution in [-0.2, 0) is 14.3 Å². The van der Waals surface area contributed by atoms with Gasteiger partial charge in [0.05, 0.1) is 22.2 Å². The molecule has 2 aliphatic rings. The standard InChI is InChI=1S/C20H26N4O6/c1-20(2,3)30-17(25)12-22-9-10-23(19(27)15-5-4-8-21-15)16-7-6-13(24(28)29)11-14(16)18(22)26/h6-7,11,15,21H,4-5,8-10,12H2,1-3H3/t15-/m0/s1. The minimum absolute atomic E-state index is 0.0246. The lowest BCUT2D eigenvalue weighted by atomic mass is 10.1. The molecule has 10 heteroatoms. The monoisotopic (exact) mass is 418 g/mol. The second-order valence-electron chi connectivity index (χ2n) is 8.41. The molecule has 1 fully saturated rings. The highest BCUT2D eigenvalue weighted by Crippen LogP contribution is 2.30. The van der Waals surface area contributed by atoms with Gasteiger partial charge in [-0.25, -0.2) is 0 Å². The minimum Gasteiger partial charge on any atom is -0.459 e. The summed E-state index contributed by atoms with van der Waals surface area (Å²) < 4.78 is 5.30. The van der Waals surface area contributed by atoms with Gasteiger partial charge in [-0.15, -0.1) is 0 Å². The number of nitro groups is 1. The number of benzene rings is 1. The molecular formula is C20H26N4O6. The number of nitrogens with one attached hydrogen (secondary N) is 1. The van der Waals surface area contributed by atoms with Gasteiger partial charge in [-0.1, -0.05) is 0 Å². The smallest absolute Gasteiger partial charge is 0.326 e. The summed E-state index contributed by atoms with van der Waals surface area (Å²) in [6, 6.07) is 3.50. The van der Waals surface area contributed by atoms with Gasteiger partial charge in [-0.3, -0.25) is 24.5 Å². The molecule has 1 saturated heterocycles. The van der Waals surface area contributed by atoms with Gasteiger partial charge in [0.2, 0.25) is 5.91 Å². The molecule has 3 rings (SSSR count). The first-order chi connectivity index (χ1) is 14.1. The fourth-order valence-corrected chi connectivity index (χ4v) is 3.65. The molecule has 1 atom stereocenters. The number of carbonyl (C=O) groups excluding carboxylic acids is 3. The van der Waals surface area contributed by atoms with Crippen molar-refractivity contribution in [3.63, 3.8) is 0 Å². The first-order valence-corrected chi connectivity index (χ1v) is 9.91. The predicted octanol–water partition coefficient (Wildman–Crippen LogP) is 1.48. The van der Waals surface area contributed by atoms with Crippen molar-refractivity contribution in [2.75, 3.05) is 31.1 Å². The highest BCUT2D eigenvalue weighted by molar-refractivity contribution is 6.08. The van der Waals surface area contributed by atoms with Crippen LogP contribution in [0.1, 0.15) is 44.0 Å². The van der Waals surface area contributed by atoms with Gasteiger partial charge >= 0.3 is 5.97 Å². The Morgan fingerprint density at radius 1 is 1.30 bits per heavy atom. The van der Waals surface area contributed by atoms with Crippen LogP contribution in [0.3, 0.4) is 0 Å². The largest absolute Gasteiger partial charge is 0.459 e. The number of nitro benzene ring substituents is 1. The molecule has 0 radical (unpaired) electrons. The number of fused-ring (bicyclic) bond motifs is 1. The Labute approximate surface area is 174 Å². The molecular weight excluding hydrogens is 392 g/mol. The van der Waals surface area contributed by atoms with Crippen molar-refractivity contribution in [2.45, 2.75) is 45.3 Å². The third-order valence-corrected chi connectivity index (χ3v) is 4.96. The first kappa shape index (κ1) is 21.7. The summed E-state index contributed by atoms with van der Waals surface area (Å²) in [5.41, 5.74) is -0.626. The SMILES string of the molecule is CC(C)(C)OC(=O)CN1CCN(C(=O)[C@@H]2CCCN2)c2ccc([N+](=O)[O-])cc2C1=O. The van der Waals surface area contributed by atoms with Crippen LogP contribution in [0, 0.1) is 10.1 Å². The molecule has 1 aromatic carbocycles. The zero-order chi connectivity index (χ0) is 22.1. The van der Waals surface area contributed by atoms with Gasteiger partial charge in [0.25, 0.3) is 11.6 Å². The number of nitrogens with zero attached hydrogens (tertiary/aromatic N) is 3. The van der Waals surface area contributed by atoms with Crippen molar-refractivity contribution in [2.24, 2.45) is 0 Å². The van der Waals surface area contributed by atoms with Crippen molar-refractivity contribution in [1.82, 2.24) is 10.2 Å². The number of non-ortho nitro benzene ring substituents is 1. The number of hydrogen-bond acceptors (Lipinski definition) is 7. The summed E-state index contributed by atoms with van der Waals surface area (Å²) in [6.07, 6.45) is 1.56. The van der Waals surface area contributed by atoms with Crippen LogP contribution in [0.2, 0.25) is 0 Å². The highest BCUT2D eigenvalue weighted by atomic mass is 16.6. The zero-order valence-corrected chi connectivity index (χ0v) is 17.3. The summed E-state index contributed by atoms with van der Waals surface area (Å²) in [5.74, 6) is -1.32. The lowest BCUT2D eigenvalue weighted by Gasteiger charge is -2.26. The molecule has 0 aliphatic carbocycles. The van der Waals surface area contributed by atoms with Crippen molar-refractivity contribution < 1.29 is 24.0 Å². The maximum absolute atomic E-state index is 13.1. The van der Waals surface area contributed by atoms with Crippen LogP contribution in [0.5, 0.6) is 0 Å². The average molecular weight is 418 g/mol. The van der Waals surface area contributed by atoms with Crippen LogP contribution in [-0.4, -0.2) is 65.4 Å².